The van der Waals surface area contributed by atoms with Gasteiger partial charge in [-0.25, -0.2) is 0 Å². The lowest BCUT2D eigenvalue weighted by atomic mass is 10.1. The second-order valence-electron chi connectivity index (χ2n) is 4.68. The maximum atomic E-state index is 9.61. The van der Waals surface area contributed by atoms with E-state index in [0.29, 0.717) is 17.1 Å². The molecule has 0 aliphatic rings. The topological polar surface area (TPSA) is 95.1 Å². The van der Waals surface area contributed by atoms with E-state index in [1.807, 2.05) is 24.4 Å². The summed E-state index contributed by atoms with van der Waals surface area (Å²) in [6, 6.07) is 12.6. The zero-order chi connectivity index (χ0) is 14.8. The average molecular weight is 281 g/mol. The van der Waals surface area contributed by atoms with Crippen LogP contribution in [0.4, 0.5) is 0 Å². The fourth-order valence-corrected chi connectivity index (χ4v) is 2.29. The summed E-state index contributed by atoms with van der Waals surface area (Å²) in [5.41, 5.74) is 7.75. The highest BCUT2D eigenvalue weighted by atomic mass is 16.5. The predicted molar refractivity (Wildman–Crippen MR) is 81.8 cm³/mol. The van der Waals surface area contributed by atoms with Gasteiger partial charge in [-0.3, -0.25) is 5.41 Å². The molecule has 0 unspecified atom stereocenters. The van der Waals surface area contributed by atoms with Crippen molar-refractivity contribution < 1.29 is 9.84 Å². The third-order valence-electron chi connectivity index (χ3n) is 3.33. The van der Waals surface area contributed by atoms with Crippen molar-refractivity contribution in [2.24, 2.45) is 5.73 Å². The number of nitrogens with two attached hydrogens (primary N) is 1. The Morgan fingerprint density at radius 2 is 2.10 bits per heavy atom. The minimum atomic E-state index is -0.114. The number of hydrogen-bond donors (Lipinski definition) is 4. The third-order valence-corrected chi connectivity index (χ3v) is 3.33. The number of nitrogen functional groups attached to an aromatic ring is 1. The first-order chi connectivity index (χ1) is 10.2. The second kappa shape index (κ2) is 5.30. The zero-order valence-electron chi connectivity index (χ0n) is 11.3. The number of amidine groups is 1. The molecule has 0 amide bonds. The number of aromatic nitrogens is 1. The molecule has 1 aromatic heterocycles. The van der Waals surface area contributed by atoms with E-state index in [0.717, 1.165) is 16.5 Å². The van der Waals surface area contributed by atoms with Gasteiger partial charge in [0, 0.05) is 28.2 Å². The van der Waals surface area contributed by atoms with Gasteiger partial charge in [0.15, 0.2) is 0 Å². The largest absolute Gasteiger partial charge is 0.457 e. The zero-order valence-corrected chi connectivity index (χ0v) is 11.3. The number of benzene rings is 2. The van der Waals surface area contributed by atoms with Gasteiger partial charge < -0.3 is 20.6 Å². The quantitative estimate of drug-likeness (QED) is 0.437. The van der Waals surface area contributed by atoms with Crippen LogP contribution in [0, 0.1) is 5.41 Å². The summed E-state index contributed by atoms with van der Waals surface area (Å²) in [5.74, 6) is 1.15. The first kappa shape index (κ1) is 13.2. The van der Waals surface area contributed by atoms with E-state index in [-0.39, 0.29) is 12.4 Å². The molecule has 5 N–H and O–H groups in total. The van der Waals surface area contributed by atoms with Crippen LogP contribution in [0.5, 0.6) is 11.5 Å². The number of aliphatic hydroxyl groups excluding tert-OH is 1. The molecule has 0 bridgehead atoms. The molecule has 0 fully saturated rings. The van der Waals surface area contributed by atoms with Crippen molar-refractivity contribution in [2.45, 2.75) is 6.61 Å². The maximum absolute atomic E-state index is 9.61. The van der Waals surface area contributed by atoms with Crippen LogP contribution in [0.15, 0.2) is 48.7 Å². The number of fused-ring (bicyclic) bond motifs is 1. The maximum Gasteiger partial charge on any atom is 0.133 e. The Morgan fingerprint density at radius 3 is 2.86 bits per heavy atom. The van der Waals surface area contributed by atoms with E-state index in [4.69, 9.17) is 15.9 Å². The Kier molecular flexibility index (Phi) is 3.33. The number of hydrogen-bond acceptors (Lipinski definition) is 3. The van der Waals surface area contributed by atoms with Gasteiger partial charge in [-0.2, -0.15) is 0 Å². The molecule has 1 heterocycles. The lowest BCUT2D eigenvalue weighted by molar-refractivity contribution is 0.278. The van der Waals surface area contributed by atoms with E-state index in [9.17, 15) is 5.11 Å². The fraction of sp³-hybridized carbons (Fsp3) is 0.0625. The highest BCUT2D eigenvalue weighted by Crippen LogP contribution is 2.31. The molecule has 0 saturated carbocycles. The predicted octanol–water partition coefficient (Wildman–Crippen LogP) is 2.74. The minimum Gasteiger partial charge on any atom is -0.457 e. The number of ether oxygens (including phenoxy) is 1. The van der Waals surface area contributed by atoms with Crippen LogP contribution in [0.1, 0.15) is 11.1 Å². The summed E-state index contributed by atoms with van der Waals surface area (Å²) in [6.45, 7) is -0.114. The lowest BCUT2D eigenvalue weighted by Crippen LogP contribution is -2.10. The van der Waals surface area contributed by atoms with Crippen LogP contribution in [0.2, 0.25) is 0 Å². The number of rotatable bonds is 4. The van der Waals surface area contributed by atoms with Crippen LogP contribution in [0.25, 0.3) is 10.9 Å². The summed E-state index contributed by atoms with van der Waals surface area (Å²) >= 11 is 0. The smallest absolute Gasteiger partial charge is 0.133 e. The SMILES string of the molecule is N=C(N)c1cccc(Oc2ccc3[nH]ccc3c2CO)c1. The molecular weight excluding hydrogens is 266 g/mol. The van der Waals surface area contributed by atoms with Crippen molar-refractivity contribution >= 4 is 16.7 Å². The Labute approximate surface area is 121 Å². The van der Waals surface area contributed by atoms with Crippen molar-refractivity contribution in [1.82, 2.24) is 4.98 Å². The van der Waals surface area contributed by atoms with Crippen molar-refractivity contribution in [2.75, 3.05) is 0 Å². The van der Waals surface area contributed by atoms with E-state index in [2.05, 4.69) is 4.98 Å². The number of aromatic amines is 1. The van der Waals surface area contributed by atoms with Crippen LogP contribution in [-0.4, -0.2) is 15.9 Å². The third kappa shape index (κ3) is 2.46. The summed E-state index contributed by atoms with van der Waals surface area (Å²) in [6.07, 6.45) is 1.82. The van der Waals surface area contributed by atoms with Crippen LogP contribution >= 0.6 is 0 Å². The number of nitrogens with one attached hydrogen (secondary N) is 2. The van der Waals surface area contributed by atoms with Gasteiger partial charge in [0.2, 0.25) is 0 Å². The molecule has 0 aliphatic carbocycles. The fourth-order valence-electron chi connectivity index (χ4n) is 2.29. The van der Waals surface area contributed by atoms with Gasteiger partial charge in [0.25, 0.3) is 0 Å². The number of aliphatic hydroxyl groups is 1. The molecular formula is C16H15N3O2. The molecule has 0 aliphatic heterocycles. The molecule has 5 nitrogen and oxygen atoms in total. The van der Waals surface area contributed by atoms with Gasteiger partial charge in [-0.05, 0) is 30.3 Å². The van der Waals surface area contributed by atoms with Crippen LogP contribution in [0.3, 0.4) is 0 Å². The molecule has 21 heavy (non-hydrogen) atoms. The van der Waals surface area contributed by atoms with Gasteiger partial charge in [-0.1, -0.05) is 12.1 Å². The summed E-state index contributed by atoms with van der Waals surface area (Å²) in [4.78, 5) is 3.10. The Hall–Kier alpha value is -2.79. The van der Waals surface area contributed by atoms with Crippen molar-refractivity contribution in [3.8, 4) is 11.5 Å². The lowest BCUT2D eigenvalue weighted by Gasteiger charge is -2.11. The molecule has 3 rings (SSSR count). The van der Waals surface area contributed by atoms with Gasteiger partial charge in [-0.15, -0.1) is 0 Å². The monoisotopic (exact) mass is 281 g/mol. The first-order valence-corrected chi connectivity index (χ1v) is 6.51. The Bertz CT molecular complexity index is 808. The Morgan fingerprint density at radius 1 is 1.24 bits per heavy atom. The van der Waals surface area contributed by atoms with Gasteiger partial charge >= 0.3 is 0 Å². The molecule has 2 aromatic carbocycles. The Balaban J connectivity index is 2.01. The van der Waals surface area contributed by atoms with E-state index >= 15 is 0 Å². The van der Waals surface area contributed by atoms with E-state index in [1.54, 1.807) is 24.3 Å². The minimum absolute atomic E-state index is 0.0103. The van der Waals surface area contributed by atoms with E-state index < -0.39 is 0 Å². The van der Waals surface area contributed by atoms with Crippen molar-refractivity contribution in [3.63, 3.8) is 0 Å². The summed E-state index contributed by atoms with van der Waals surface area (Å²) < 4.78 is 5.84. The highest BCUT2D eigenvalue weighted by Gasteiger charge is 2.10. The molecule has 0 saturated heterocycles. The molecule has 3 aromatic rings. The van der Waals surface area contributed by atoms with Crippen LogP contribution in [-0.2, 0) is 6.61 Å². The van der Waals surface area contributed by atoms with Crippen molar-refractivity contribution in [3.05, 3.63) is 59.8 Å². The molecule has 5 heteroatoms. The molecule has 0 spiro atoms. The van der Waals surface area contributed by atoms with Crippen LogP contribution < -0.4 is 10.5 Å². The van der Waals surface area contributed by atoms with Gasteiger partial charge in [0.1, 0.15) is 17.3 Å². The summed E-state index contributed by atoms with van der Waals surface area (Å²) in [7, 11) is 0. The molecule has 0 atom stereocenters. The second-order valence-corrected chi connectivity index (χ2v) is 4.68. The van der Waals surface area contributed by atoms with E-state index in [1.165, 1.54) is 0 Å². The van der Waals surface area contributed by atoms with Gasteiger partial charge in [0.05, 0.1) is 6.61 Å². The number of H-pyrrole nitrogens is 1. The standard InChI is InChI=1S/C16H15N3O2/c17-16(18)10-2-1-3-11(8-10)21-15-5-4-14-12(6-7-19-14)13(15)9-20/h1-8,19-20H,9H2,(H3,17,18). The average Bonchev–Trinajstić information content (AvgIpc) is 2.96. The summed E-state index contributed by atoms with van der Waals surface area (Å²) in [5, 5.41) is 18.0. The highest BCUT2D eigenvalue weighted by molar-refractivity contribution is 5.95. The molecule has 106 valence electrons. The molecule has 0 radical (unpaired) electrons. The first-order valence-electron chi connectivity index (χ1n) is 6.51. The van der Waals surface area contributed by atoms with Crippen molar-refractivity contribution in [1.29, 1.82) is 5.41 Å². The normalized spacial score (nSPS) is 10.7.